The number of ether oxygens (including phenoxy) is 2. The maximum Gasteiger partial charge on any atom is 0.0650 e. The molecule has 2 fully saturated rings. The lowest BCUT2D eigenvalue weighted by Gasteiger charge is -2.51. The van der Waals surface area contributed by atoms with Crippen LogP contribution in [0, 0.1) is 11.3 Å². The van der Waals surface area contributed by atoms with Crippen molar-refractivity contribution in [3.8, 4) is 0 Å². The molecule has 0 spiro atoms. The second kappa shape index (κ2) is 5.36. The van der Waals surface area contributed by atoms with Gasteiger partial charge in [0, 0.05) is 30.1 Å². The Kier molecular flexibility index (Phi) is 4.31. The third kappa shape index (κ3) is 2.46. The molecule has 1 heterocycles. The summed E-state index contributed by atoms with van der Waals surface area (Å²) in [5.74, 6) is 0.726. The molecule has 2 rings (SSSR count). The second-order valence-electron chi connectivity index (χ2n) is 5.44. The molecule has 3 heteroatoms. The lowest BCUT2D eigenvalue weighted by atomic mass is 9.65. The van der Waals surface area contributed by atoms with Crippen molar-refractivity contribution in [3.63, 3.8) is 0 Å². The van der Waals surface area contributed by atoms with E-state index in [1.54, 1.807) is 0 Å². The Hall–Kier alpha value is 0.400. The fourth-order valence-corrected chi connectivity index (χ4v) is 3.60. The number of hydrogen-bond donors (Lipinski definition) is 0. The van der Waals surface area contributed by atoms with Crippen LogP contribution in [0.25, 0.3) is 0 Å². The number of alkyl halides is 1. The van der Waals surface area contributed by atoms with Crippen LogP contribution in [0.5, 0.6) is 0 Å². The zero-order chi connectivity index (χ0) is 11.6. The van der Waals surface area contributed by atoms with Crippen LogP contribution in [0.3, 0.4) is 0 Å². The zero-order valence-corrected chi connectivity index (χ0v) is 12.0. The molecule has 0 aromatic heterocycles. The average molecular weight is 291 g/mol. The lowest BCUT2D eigenvalue weighted by Crippen LogP contribution is -2.53. The minimum atomic E-state index is 0.352. The van der Waals surface area contributed by atoms with Gasteiger partial charge in [0.15, 0.2) is 0 Å². The minimum absolute atomic E-state index is 0.352. The van der Waals surface area contributed by atoms with Crippen LogP contribution in [0.4, 0.5) is 0 Å². The highest BCUT2D eigenvalue weighted by atomic mass is 79.9. The zero-order valence-electron chi connectivity index (χ0n) is 10.4. The van der Waals surface area contributed by atoms with Crippen molar-refractivity contribution in [2.24, 2.45) is 11.3 Å². The van der Waals surface area contributed by atoms with Gasteiger partial charge in [-0.3, -0.25) is 0 Å². The van der Waals surface area contributed by atoms with Crippen molar-refractivity contribution < 1.29 is 9.47 Å². The highest BCUT2D eigenvalue weighted by Crippen LogP contribution is 2.50. The largest absolute Gasteiger partial charge is 0.381 e. The molecule has 1 saturated carbocycles. The molecule has 0 amide bonds. The normalized spacial score (nSPS) is 40.7. The molecule has 2 nitrogen and oxygen atoms in total. The Morgan fingerprint density at radius 3 is 2.62 bits per heavy atom. The highest BCUT2D eigenvalue weighted by Gasteiger charge is 2.49. The van der Waals surface area contributed by atoms with Gasteiger partial charge in [-0.05, 0) is 31.6 Å². The Bertz CT molecular complexity index is 228. The summed E-state index contributed by atoms with van der Waals surface area (Å²) >= 11 is 3.75. The van der Waals surface area contributed by atoms with Crippen LogP contribution in [0.2, 0.25) is 0 Å². The first-order chi connectivity index (χ1) is 7.66. The molecule has 0 bridgehead atoms. The topological polar surface area (TPSA) is 18.5 Å². The molecular weight excluding hydrogens is 268 g/mol. The van der Waals surface area contributed by atoms with Gasteiger partial charge in [-0.25, -0.2) is 0 Å². The number of halogens is 1. The molecule has 3 unspecified atom stereocenters. The van der Waals surface area contributed by atoms with Gasteiger partial charge in [0.25, 0.3) is 0 Å². The van der Waals surface area contributed by atoms with Crippen molar-refractivity contribution in [1.29, 1.82) is 0 Å². The summed E-state index contributed by atoms with van der Waals surface area (Å²) in [6.45, 7) is 7.38. The van der Waals surface area contributed by atoms with Crippen LogP contribution >= 0.6 is 15.9 Å². The molecule has 1 aliphatic carbocycles. The van der Waals surface area contributed by atoms with Gasteiger partial charge in [0.1, 0.15) is 0 Å². The molecule has 2 aliphatic rings. The lowest BCUT2D eigenvalue weighted by molar-refractivity contribution is -0.113. The van der Waals surface area contributed by atoms with Gasteiger partial charge < -0.3 is 9.47 Å². The molecule has 0 aromatic rings. The summed E-state index contributed by atoms with van der Waals surface area (Å²) in [6, 6.07) is 0. The molecular formula is C13H23BrO2. The van der Waals surface area contributed by atoms with E-state index in [9.17, 15) is 0 Å². The van der Waals surface area contributed by atoms with E-state index < -0.39 is 0 Å². The average Bonchev–Trinajstić information content (AvgIpc) is 2.34. The summed E-state index contributed by atoms with van der Waals surface area (Å²) in [7, 11) is 0. The highest BCUT2D eigenvalue weighted by molar-refractivity contribution is 9.09. The first kappa shape index (κ1) is 12.8. The van der Waals surface area contributed by atoms with Gasteiger partial charge >= 0.3 is 0 Å². The third-order valence-corrected chi connectivity index (χ3v) is 5.93. The summed E-state index contributed by atoms with van der Waals surface area (Å²) in [5, 5.41) is 0. The van der Waals surface area contributed by atoms with E-state index in [0.717, 1.165) is 25.7 Å². The molecule has 3 atom stereocenters. The monoisotopic (exact) mass is 290 g/mol. The first-order valence-corrected chi connectivity index (χ1v) is 7.41. The van der Waals surface area contributed by atoms with Crippen LogP contribution in [0.1, 0.15) is 39.5 Å². The van der Waals surface area contributed by atoms with Crippen molar-refractivity contribution in [3.05, 3.63) is 0 Å². The van der Waals surface area contributed by atoms with E-state index in [1.165, 1.54) is 25.7 Å². The van der Waals surface area contributed by atoms with Crippen LogP contribution in [0.15, 0.2) is 0 Å². The summed E-state index contributed by atoms with van der Waals surface area (Å²) in [6.07, 6.45) is 5.18. The van der Waals surface area contributed by atoms with E-state index in [2.05, 4.69) is 29.8 Å². The fraction of sp³-hybridized carbons (Fsp3) is 1.00. The maximum atomic E-state index is 6.11. The van der Waals surface area contributed by atoms with Crippen LogP contribution in [-0.2, 0) is 9.47 Å². The van der Waals surface area contributed by atoms with Crippen molar-refractivity contribution >= 4 is 15.9 Å². The third-order valence-electron chi connectivity index (χ3n) is 4.51. The van der Waals surface area contributed by atoms with Gasteiger partial charge in [-0.1, -0.05) is 29.8 Å². The quantitative estimate of drug-likeness (QED) is 0.739. The predicted molar refractivity (Wildman–Crippen MR) is 69.0 cm³/mol. The first-order valence-electron chi connectivity index (χ1n) is 6.50. The van der Waals surface area contributed by atoms with Crippen LogP contribution < -0.4 is 0 Å². The molecule has 0 N–H and O–H groups in total. The summed E-state index contributed by atoms with van der Waals surface area (Å²) < 4.78 is 11.5. The Balaban J connectivity index is 1.74. The fourth-order valence-electron chi connectivity index (χ4n) is 2.64. The smallest absolute Gasteiger partial charge is 0.0650 e. The number of rotatable bonds is 4. The Labute approximate surface area is 107 Å². The van der Waals surface area contributed by atoms with E-state index in [4.69, 9.17) is 9.47 Å². The standard InChI is InChI=1S/C13H23BrO2/c1-3-13(2)11(14)8-12(13)16-9-10-4-6-15-7-5-10/h10-12H,3-9H2,1-2H3. The van der Waals surface area contributed by atoms with Gasteiger partial charge in [0.2, 0.25) is 0 Å². The predicted octanol–water partition coefficient (Wildman–Crippen LogP) is 3.38. The minimum Gasteiger partial charge on any atom is -0.381 e. The summed E-state index contributed by atoms with van der Waals surface area (Å²) in [4.78, 5) is 0.643. The molecule has 0 aromatic carbocycles. The molecule has 1 aliphatic heterocycles. The van der Waals surface area contributed by atoms with Crippen molar-refractivity contribution in [2.75, 3.05) is 19.8 Å². The van der Waals surface area contributed by atoms with E-state index in [-0.39, 0.29) is 0 Å². The summed E-state index contributed by atoms with van der Waals surface area (Å²) in [5.41, 5.74) is 0.352. The van der Waals surface area contributed by atoms with Crippen molar-refractivity contribution in [1.82, 2.24) is 0 Å². The van der Waals surface area contributed by atoms with E-state index in [0.29, 0.717) is 16.3 Å². The van der Waals surface area contributed by atoms with E-state index >= 15 is 0 Å². The SMILES string of the molecule is CCC1(C)C(Br)CC1OCC1CCOCC1. The van der Waals surface area contributed by atoms with Crippen LogP contribution in [-0.4, -0.2) is 30.8 Å². The molecule has 1 saturated heterocycles. The second-order valence-corrected chi connectivity index (χ2v) is 6.55. The van der Waals surface area contributed by atoms with Gasteiger partial charge in [-0.2, -0.15) is 0 Å². The van der Waals surface area contributed by atoms with Crippen molar-refractivity contribution in [2.45, 2.75) is 50.5 Å². The van der Waals surface area contributed by atoms with Gasteiger partial charge in [0.05, 0.1) is 6.10 Å². The Morgan fingerprint density at radius 2 is 2.06 bits per heavy atom. The molecule has 94 valence electrons. The van der Waals surface area contributed by atoms with Gasteiger partial charge in [-0.15, -0.1) is 0 Å². The van der Waals surface area contributed by atoms with E-state index in [1.807, 2.05) is 0 Å². The maximum absolute atomic E-state index is 6.11. The molecule has 16 heavy (non-hydrogen) atoms. The Morgan fingerprint density at radius 1 is 1.38 bits per heavy atom. The number of hydrogen-bond acceptors (Lipinski definition) is 2. The molecule has 0 radical (unpaired) electrons.